The van der Waals surface area contributed by atoms with Crippen molar-refractivity contribution >= 4 is 24.2 Å². The second-order valence-electron chi connectivity index (χ2n) is 5.24. The molecule has 0 aliphatic heterocycles. The van der Waals surface area contributed by atoms with Gasteiger partial charge in [-0.05, 0) is 17.0 Å². The van der Waals surface area contributed by atoms with Crippen molar-refractivity contribution in [1.29, 1.82) is 0 Å². The number of hydrogen-bond acceptors (Lipinski definition) is 1. The average molecular weight is 212 g/mol. The van der Waals surface area contributed by atoms with Gasteiger partial charge in [0.05, 0.1) is 0 Å². The zero-order valence-electron chi connectivity index (χ0n) is 10.1. The fraction of sp³-hybridized carbons (Fsp3) is 0.385. The van der Waals surface area contributed by atoms with E-state index in [1.807, 2.05) is 18.2 Å². The van der Waals surface area contributed by atoms with Gasteiger partial charge in [-0.2, -0.15) is 0 Å². The Hall–Kier alpha value is -1.22. The highest BCUT2D eigenvalue weighted by atomic mass is 14.8. The first kappa shape index (κ1) is 11.3. The van der Waals surface area contributed by atoms with Crippen LogP contribution in [0.5, 0.6) is 0 Å². The molecule has 2 rings (SSSR count). The molecule has 0 amide bonds. The Morgan fingerprint density at radius 2 is 2.00 bits per heavy atom. The SMILES string of the molecule is [B]c1ccc2[nH]c(CN)c(C(C)(C)C)c2c1. The summed E-state index contributed by atoms with van der Waals surface area (Å²) in [6, 6.07) is 5.94. The van der Waals surface area contributed by atoms with E-state index in [4.69, 9.17) is 13.6 Å². The predicted octanol–water partition coefficient (Wildman–Crippen LogP) is 1.72. The van der Waals surface area contributed by atoms with E-state index in [-0.39, 0.29) is 5.41 Å². The van der Waals surface area contributed by atoms with Crippen molar-refractivity contribution in [2.24, 2.45) is 5.73 Å². The third-order valence-corrected chi connectivity index (χ3v) is 2.85. The lowest BCUT2D eigenvalue weighted by Crippen LogP contribution is -2.15. The Morgan fingerprint density at radius 1 is 1.31 bits per heavy atom. The van der Waals surface area contributed by atoms with Crippen LogP contribution in [0, 0.1) is 0 Å². The van der Waals surface area contributed by atoms with Gasteiger partial charge in [0.1, 0.15) is 7.85 Å². The zero-order valence-corrected chi connectivity index (χ0v) is 10.1. The molecule has 3 heteroatoms. The topological polar surface area (TPSA) is 41.8 Å². The van der Waals surface area contributed by atoms with Crippen molar-refractivity contribution in [2.75, 3.05) is 0 Å². The number of benzene rings is 1. The standard InChI is InChI=1S/C13H17BN2/c1-13(2,3)12-9-6-8(14)4-5-10(9)16-11(12)7-15/h4-6,16H,7,15H2,1-3H3. The van der Waals surface area contributed by atoms with Crippen molar-refractivity contribution in [2.45, 2.75) is 32.7 Å². The fourth-order valence-corrected chi connectivity index (χ4v) is 2.28. The summed E-state index contributed by atoms with van der Waals surface area (Å²) < 4.78 is 0. The zero-order chi connectivity index (χ0) is 11.9. The second-order valence-corrected chi connectivity index (χ2v) is 5.24. The molecule has 0 aliphatic carbocycles. The van der Waals surface area contributed by atoms with E-state index in [1.54, 1.807) is 0 Å². The maximum atomic E-state index is 5.84. The van der Waals surface area contributed by atoms with Crippen molar-refractivity contribution < 1.29 is 0 Å². The van der Waals surface area contributed by atoms with Gasteiger partial charge in [-0.3, -0.25) is 0 Å². The van der Waals surface area contributed by atoms with Crippen LogP contribution in [0.25, 0.3) is 10.9 Å². The Bertz CT molecular complexity index is 520. The van der Waals surface area contributed by atoms with Crippen LogP contribution in [0.3, 0.4) is 0 Å². The minimum atomic E-state index is 0.0702. The van der Waals surface area contributed by atoms with Gasteiger partial charge in [-0.25, -0.2) is 0 Å². The van der Waals surface area contributed by atoms with Gasteiger partial charge in [-0.15, -0.1) is 0 Å². The van der Waals surface area contributed by atoms with Gasteiger partial charge in [-0.1, -0.05) is 38.4 Å². The molecule has 2 nitrogen and oxygen atoms in total. The second kappa shape index (κ2) is 3.67. The molecule has 0 unspecified atom stereocenters. The van der Waals surface area contributed by atoms with Gasteiger partial charge in [0.2, 0.25) is 0 Å². The highest BCUT2D eigenvalue weighted by Gasteiger charge is 2.22. The van der Waals surface area contributed by atoms with Crippen molar-refractivity contribution in [3.05, 3.63) is 29.5 Å². The molecule has 3 N–H and O–H groups in total. The summed E-state index contributed by atoms with van der Waals surface area (Å²) in [6.07, 6.45) is 0. The van der Waals surface area contributed by atoms with E-state index in [1.165, 1.54) is 10.9 Å². The Labute approximate surface area is 97.6 Å². The van der Waals surface area contributed by atoms with Gasteiger partial charge < -0.3 is 10.7 Å². The number of aromatic nitrogens is 1. The molecule has 0 aliphatic rings. The molecule has 0 atom stereocenters. The Kier molecular flexibility index (Phi) is 2.58. The number of nitrogens with two attached hydrogens (primary N) is 1. The van der Waals surface area contributed by atoms with E-state index in [9.17, 15) is 0 Å². The molecule has 2 aromatic rings. The first-order valence-electron chi connectivity index (χ1n) is 5.54. The summed E-state index contributed by atoms with van der Waals surface area (Å²) in [4.78, 5) is 3.37. The van der Waals surface area contributed by atoms with Crippen LogP contribution in [0.1, 0.15) is 32.0 Å². The molecule has 1 heterocycles. The van der Waals surface area contributed by atoms with E-state index < -0.39 is 0 Å². The Morgan fingerprint density at radius 3 is 2.56 bits per heavy atom. The van der Waals surface area contributed by atoms with Crippen LogP contribution in [0.2, 0.25) is 0 Å². The highest BCUT2D eigenvalue weighted by Crippen LogP contribution is 2.32. The third-order valence-electron chi connectivity index (χ3n) is 2.85. The summed E-state index contributed by atoms with van der Waals surface area (Å²) in [7, 11) is 5.84. The summed E-state index contributed by atoms with van der Waals surface area (Å²) in [5, 5.41) is 1.19. The Balaban J connectivity index is 2.81. The lowest BCUT2D eigenvalue weighted by atomic mass is 9.83. The van der Waals surface area contributed by atoms with Crippen LogP contribution in [-0.2, 0) is 12.0 Å². The van der Waals surface area contributed by atoms with Crippen molar-refractivity contribution in [3.8, 4) is 0 Å². The quantitative estimate of drug-likeness (QED) is 0.694. The maximum absolute atomic E-state index is 5.84. The van der Waals surface area contributed by atoms with Gasteiger partial charge in [0.15, 0.2) is 0 Å². The molecule has 0 spiro atoms. The monoisotopic (exact) mass is 212 g/mol. The highest BCUT2D eigenvalue weighted by molar-refractivity contribution is 6.33. The van der Waals surface area contributed by atoms with Gasteiger partial charge in [0, 0.05) is 23.1 Å². The number of rotatable bonds is 1. The van der Waals surface area contributed by atoms with E-state index >= 15 is 0 Å². The van der Waals surface area contributed by atoms with E-state index in [0.717, 1.165) is 16.7 Å². The van der Waals surface area contributed by atoms with Crippen molar-refractivity contribution in [1.82, 2.24) is 4.98 Å². The van der Waals surface area contributed by atoms with Crippen molar-refractivity contribution in [3.63, 3.8) is 0 Å². The normalized spacial score (nSPS) is 12.2. The van der Waals surface area contributed by atoms with Crippen LogP contribution in [-0.4, -0.2) is 12.8 Å². The maximum Gasteiger partial charge on any atom is 0.113 e. The van der Waals surface area contributed by atoms with Gasteiger partial charge >= 0.3 is 0 Å². The first-order chi connectivity index (χ1) is 7.43. The molecular weight excluding hydrogens is 195 g/mol. The molecule has 82 valence electrons. The summed E-state index contributed by atoms with van der Waals surface area (Å²) in [5.74, 6) is 0. The third kappa shape index (κ3) is 1.76. The average Bonchev–Trinajstić information content (AvgIpc) is 2.54. The smallest absolute Gasteiger partial charge is 0.113 e. The molecule has 1 aromatic carbocycles. The number of fused-ring (bicyclic) bond motifs is 1. The van der Waals surface area contributed by atoms with Crippen LogP contribution in [0.4, 0.5) is 0 Å². The first-order valence-corrected chi connectivity index (χ1v) is 5.54. The number of aromatic amines is 1. The lowest BCUT2D eigenvalue weighted by Gasteiger charge is -2.20. The van der Waals surface area contributed by atoms with E-state index in [0.29, 0.717) is 6.54 Å². The van der Waals surface area contributed by atoms with E-state index in [2.05, 4.69) is 25.8 Å². The molecular formula is C13H17BN2. The fourth-order valence-electron chi connectivity index (χ4n) is 2.28. The molecule has 1 aromatic heterocycles. The molecule has 16 heavy (non-hydrogen) atoms. The molecule has 0 saturated carbocycles. The molecule has 0 bridgehead atoms. The summed E-state index contributed by atoms with van der Waals surface area (Å²) in [6.45, 7) is 7.11. The van der Waals surface area contributed by atoms with Crippen LogP contribution in [0.15, 0.2) is 18.2 Å². The molecule has 0 saturated heterocycles. The largest absolute Gasteiger partial charge is 0.357 e. The van der Waals surface area contributed by atoms with Crippen LogP contribution < -0.4 is 11.2 Å². The summed E-state index contributed by atoms with van der Waals surface area (Å²) in [5.41, 5.74) is 10.1. The number of H-pyrrole nitrogens is 1. The van der Waals surface area contributed by atoms with Crippen LogP contribution >= 0.6 is 0 Å². The summed E-state index contributed by atoms with van der Waals surface area (Å²) >= 11 is 0. The lowest BCUT2D eigenvalue weighted by molar-refractivity contribution is 0.587. The molecule has 0 fully saturated rings. The number of nitrogens with one attached hydrogen (secondary N) is 1. The molecule has 2 radical (unpaired) electrons. The predicted molar refractivity (Wildman–Crippen MR) is 70.3 cm³/mol. The number of hydrogen-bond donors (Lipinski definition) is 2. The minimum Gasteiger partial charge on any atom is -0.357 e. The minimum absolute atomic E-state index is 0.0702. The van der Waals surface area contributed by atoms with Gasteiger partial charge in [0.25, 0.3) is 0 Å².